The minimum absolute atomic E-state index is 0.0497. The third kappa shape index (κ3) is 1.43. The molecule has 0 radical (unpaired) electrons. The van der Waals surface area contributed by atoms with Crippen LogP contribution in [0.1, 0.15) is 13.8 Å². The molecule has 0 aliphatic heterocycles. The van der Waals surface area contributed by atoms with E-state index in [1.807, 2.05) is 13.8 Å². The van der Waals surface area contributed by atoms with Crippen molar-refractivity contribution in [2.45, 2.75) is 20.0 Å². The SMILES string of the molecule is CC(C)Oc1cocc1O. The maximum atomic E-state index is 8.98. The van der Waals surface area contributed by atoms with Crippen LogP contribution in [0.3, 0.4) is 0 Å². The Morgan fingerprint density at radius 2 is 2.20 bits per heavy atom. The van der Waals surface area contributed by atoms with Gasteiger partial charge in [-0.15, -0.1) is 0 Å². The molecule has 0 bridgehead atoms. The lowest BCUT2D eigenvalue weighted by Gasteiger charge is -2.05. The van der Waals surface area contributed by atoms with Crippen LogP contribution in [0, 0.1) is 0 Å². The number of hydrogen-bond donors (Lipinski definition) is 1. The monoisotopic (exact) mass is 142 g/mol. The average Bonchev–Trinajstić information content (AvgIpc) is 2.15. The molecule has 56 valence electrons. The highest BCUT2D eigenvalue weighted by Gasteiger charge is 2.05. The molecule has 0 unspecified atom stereocenters. The van der Waals surface area contributed by atoms with Crippen molar-refractivity contribution in [3.8, 4) is 11.5 Å². The minimum Gasteiger partial charge on any atom is -0.502 e. The Labute approximate surface area is 59.2 Å². The van der Waals surface area contributed by atoms with Crippen molar-refractivity contribution in [3.05, 3.63) is 12.5 Å². The fourth-order valence-corrected chi connectivity index (χ4v) is 0.621. The van der Waals surface area contributed by atoms with Gasteiger partial charge in [-0.25, -0.2) is 0 Å². The van der Waals surface area contributed by atoms with Crippen LogP contribution >= 0.6 is 0 Å². The lowest BCUT2D eigenvalue weighted by Crippen LogP contribution is -2.04. The molecular formula is C7H10O3. The Bertz CT molecular complexity index is 202. The molecule has 0 atom stereocenters. The second kappa shape index (κ2) is 2.64. The molecule has 1 aromatic rings. The fraction of sp³-hybridized carbons (Fsp3) is 0.429. The van der Waals surface area contributed by atoms with Crippen LogP contribution in [-0.4, -0.2) is 11.2 Å². The number of rotatable bonds is 2. The zero-order chi connectivity index (χ0) is 7.56. The molecule has 1 N–H and O–H groups in total. The van der Waals surface area contributed by atoms with Crippen LogP contribution in [0.2, 0.25) is 0 Å². The summed E-state index contributed by atoms with van der Waals surface area (Å²) in [5.74, 6) is 0.448. The van der Waals surface area contributed by atoms with Crippen molar-refractivity contribution >= 4 is 0 Å². The van der Waals surface area contributed by atoms with E-state index in [1.165, 1.54) is 12.5 Å². The van der Waals surface area contributed by atoms with Crippen LogP contribution in [0.5, 0.6) is 11.5 Å². The number of ether oxygens (including phenoxy) is 1. The third-order valence-electron chi connectivity index (χ3n) is 0.970. The molecule has 0 saturated heterocycles. The summed E-state index contributed by atoms with van der Waals surface area (Å²) in [5.41, 5.74) is 0. The Hall–Kier alpha value is -1.12. The fourth-order valence-electron chi connectivity index (χ4n) is 0.621. The van der Waals surface area contributed by atoms with Crippen molar-refractivity contribution in [3.63, 3.8) is 0 Å². The van der Waals surface area contributed by atoms with Crippen LogP contribution in [0.15, 0.2) is 16.9 Å². The number of aromatic hydroxyl groups is 1. The van der Waals surface area contributed by atoms with Crippen molar-refractivity contribution in [1.82, 2.24) is 0 Å². The van der Waals surface area contributed by atoms with Gasteiger partial charge in [0, 0.05) is 0 Å². The molecule has 3 heteroatoms. The Kier molecular flexibility index (Phi) is 1.85. The minimum atomic E-state index is 0.0497. The average molecular weight is 142 g/mol. The van der Waals surface area contributed by atoms with Gasteiger partial charge in [-0.3, -0.25) is 0 Å². The normalized spacial score (nSPS) is 10.3. The summed E-state index contributed by atoms with van der Waals surface area (Å²) in [6, 6.07) is 0. The molecule has 0 saturated carbocycles. The molecule has 0 spiro atoms. The predicted molar refractivity (Wildman–Crippen MR) is 36.1 cm³/mol. The molecular weight excluding hydrogens is 132 g/mol. The highest BCUT2D eigenvalue weighted by atomic mass is 16.5. The quantitative estimate of drug-likeness (QED) is 0.684. The molecule has 1 aromatic heterocycles. The summed E-state index contributed by atoms with van der Waals surface area (Å²) in [6.45, 7) is 3.76. The molecule has 10 heavy (non-hydrogen) atoms. The highest BCUT2D eigenvalue weighted by Crippen LogP contribution is 2.26. The first-order valence-electron chi connectivity index (χ1n) is 3.12. The van der Waals surface area contributed by atoms with E-state index >= 15 is 0 Å². The van der Waals surface area contributed by atoms with Crippen LogP contribution in [-0.2, 0) is 0 Å². The van der Waals surface area contributed by atoms with E-state index < -0.39 is 0 Å². The van der Waals surface area contributed by atoms with E-state index in [4.69, 9.17) is 9.84 Å². The van der Waals surface area contributed by atoms with E-state index in [0.717, 1.165) is 0 Å². The topological polar surface area (TPSA) is 42.6 Å². The summed E-state index contributed by atoms with van der Waals surface area (Å²) in [7, 11) is 0. The number of furan rings is 1. The standard InChI is InChI=1S/C7H10O3/c1-5(2)10-7-4-9-3-6(7)8/h3-5,8H,1-2H3. The van der Waals surface area contributed by atoms with Crippen molar-refractivity contribution in [1.29, 1.82) is 0 Å². The molecule has 1 rings (SSSR count). The Balaban J connectivity index is 2.65. The zero-order valence-electron chi connectivity index (χ0n) is 6.00. The summed E-state index contributed by atoms with van der Waals surface area (Å²) in [4.78, 5) is 0. The summed E-state index contributed by atoms with van der Waals surface area (Å²) >= 11 is 0. The van der Waals surface area contributed by atoms with Crippen LogP contribution in [0.4, 0.5) is 0 Å². The maximum absolute atomic E-state index is 8.98. The Morgan fingerprint density at radius 1 is 1.50 bits per heavy atom. The lowest BCUT2D eigenvalue weighted by molar-refractivity contribution is 0.231. The smallest absolute Gasteiger partial charge is 0.199 e. The molecule has 0 aliphatic carbocycles. The second-order valence-electron chi connectivity index (χ2n) is 2.29. The van der Waals surface area contributed by atoms with Gasteiger partial charge in [0.25, 0.3) is 0 Å². The summed E-state index contributed by atoms with van der Waals surface area (Å²) < 4.78 is 9.81. The first-order chi connectivity index (χ1) is 4.70. The van der Waals surface area contributed by atoms with Crippen LogP contribution < -0.4 is 4.74 Å². The van der Waals surface area contributed by atoms with E-state index in [1.54, 1.807) is 0 Å². The van der Waals surface area contributed by atoms with Gasteiger partial charge in [0.05, 0.1) is 6.10 Å². The Morgan fingerprint density at radius 3 is 2.60 bits per heavy atom. The van der Waals surface area contributed by atoms with Gasteiger partial charge in [0.1, 0.15) is 12.5 Å². The van der Waals surface area contributed by atoms with E-state index in [-0.39, 0.29) is 11.9 Å². The van der Waals surface area contributed by atoms with E-state index in [0.29, 0.717) is 5.75 Å². The van der Waals surface area contributed by atoms with Gasteiger partial charge < -0.3 is 14.3 Å². The van der Waals surface area contributed by atoms with Crippen molar-refractivity contribution in [2.75, 3.05) is 0 Å². The zero-order valence-corrected chi connectivity index (χ0v) is 6.00. The van der Waals surface area contributed by atoms with Crippen molar-refractivity contribution < 1.29 is 14.3 Å². The molecule has 0 fully saturated rings. The highest BCUT2D eigenvalue weighted by molar-refractivity contribution is 5.32. The van der Waals surface area contributed by atoms with Gasteiger partial charge in [-0.05, 0) is 13.8 Å². The molecule has 0 aliphatic rings. The second-order valence-corrected chi connectivity index (χ2v) is 2.29. The van der Waals surface area contributed by atoms with Gasteiger partial charge in [-0.1, -0.05) is 0 Å². The van der Waals surface area contributed by atoms with Gasteiger partial charge >= 0.3 is 0 Å². The third-order valence-corrected chi connectivity index (χ3v) is 0.970. The van der Waals surface area contributed by atoms with Gasteiger partial charge in [-0.2, -0.15) is 0 Å². The molecule has 0 amide bonds. The van der Waals surface area contributed by atoms with Crippen LogP contribution in [0.25, 0.3) is 0 Å². The number of hydrogen-bond acceptors (Lipinski definition) is 3. The molecule has 1 heterocycles. The lowest BCUT2D eigenvalue weighted by atomic mass is 10.4. The van der Waals surface area contributed by atoms with Gasteiger partial charge in [0.15, 0.2) is 11.5 Å². The summed E-state index contributed by atoms with van der Waals surface area (Å²) in [5, 5.41) is 8.98. The maximum Gasteiger partial charge on any atom is 0.199 e. The summed E-state index contributed by atoms with van der Waals surface area (Å²) in [6.07, 6.45) is 2.66. The molecule has 3 nitrogen and oxygen atoms in total. The first kappa shape index (κ1) is 6.99. The molecule has 0 aromatic carbocycles. The van der Waals surface area contributed by atoms with Crippen molar-refractivity contribution in [2.24, 2.45) is 0 Å². The largest absolute Gasteiger partial charge is 0.502 e. The van der Waals surface area contributed by atoms with Gasteiger partial charge in [0.2, 0.25) is 0 Å². The van der Waals surface area contributed by atoms with E-state index in [2.05, 4.69) is 4.42 Å². The predicted octanol–water partition coefficient (Wildman–Crippen LogP) is 1.77. The van der Waals surface area contributed by atoms with E-state index in [9.17, 15) is 0 Å². The first-order valence-corrected chi connectivity index (χ1v) is 3.12.